The largest absolute Gasteiger partial charge is 0.359 e. The van der Waals surface area contributed by atoms with Crippen molar-refractivity contribution in [1.29, 1.82) is 0 Å². The van der Waals surface area contributed by atoms with Crippen molar-refractivity contribution in [3.63, 3.8) is 0 Å². The van der Waals surface area contributed by atoms with E-state index in [9.17, 15) is 0 Å². The average Bonchev–Trinajstić information content (AvgIpc) is 2.88. The summed E-state index contributed by atoms with van der Waals surface area (Å²) in [4.78, 5) is 0. The summed E-state index contributed by atoms with van der Waals surface area (Å²) in [6.45, 7) is 4.23. The lowest BCUT2D eigenvalue weighted by molar-refractivity contribution is 0.392. The molecule has 2 aliphatic carbocycles. The normalized spacial score (nSPS) is 28.4. The van der Waals surface area contributed by atoms with Gasteiger partial charge in [0.05, 0.1) is 0 Å². The van der Waals surface area contributed by atoms with Gasteiger partial charge < -0.3 is 10.6 Å². The maximum Gasteiger partial charge on any atom is 0.171 e. The molecule has 3 heteroatoms. The molecule has 2 saturated carbocycles. The molecule has 1 aromatic carbocycles. The number of benzene rings is 1. The number of nitrogens with one attached hydrogen (secondary N) is 2. The van der Waals surface area contributed by atoms with Crippen molar-refractivity contribution in [2.24, 2.45) is 11.8 Å². The Labute approximate surface area is 121 Å². The third-order valence-corrected chi connectivity index (χ3v) is 4.75. The zero-order valence-corrected chi connectivity index (χ0v) is 12.5. The molecule has 1 aromatic rings. The van der Waals surface area contributed by atoms with Crippen LogP contribution in [-0.2, 0) is 0 Å². The van der Waals surface area contributed by atoms with E-state index in [0.717, 1.165) is 22.6 Å². The number of fused-ring (bicyclic) bond motifs is 2. The summed E-state index contributed by atoms with van der Waals surface area (Å²) in [7, 11) is 0. The molecule has 0 aliphatic heterocycles. The van der Waals surface area contributed by atoms with E-state index < -0.39 is 0 Å². The molecular weight excluding hydrogens is 252 g/mol. The standard InChI is InChI=1S/C16H22N2S/c1-10-5-11(2)7-14(6-10)17-16(19)18-15-9-12-3-4-13(15)8-12/h5-7,12-13,15H,3-4,8-9H2,1-2H3,(H2,17,18,19)/t12-,13-,15+/m0/s1. The van der Waals surface area contributed by atoms with E-state index in [1.54, 1.807) is 0 Å². The van der Waals surface area contributed by atoms with Gasteiger partial charge in [-0.3, -0.25) is 0 Å². The Morgan fingerprint density at radius 3 is 2.42 bits per heavy atom. The highest BCUT2D eigenvalue weighted by Gasteiger charge is 2.39. The monoisotopic (exact) mass is 274 g/mol. The highest BCUT2D eigenvalue weighted by atomic mass is 32.1. The molecule has 2 fully saturated rings. The van der Waals surface area contributed by atoms with Crippen LogP contribution in [-0.4, -0.2) is 11.2 Å². The van der Waals surface area contributed by atoms with Gasteiger partial charge in [-0.25, -0.2) is 0 Å². The molecule has 0 spiro atoms. The van der Waals surface area contributed by atoms with Crippen molar-refractivity contribution in [1.82, 2.24) is 5.32 Å². The van der Waals surface area contributed by atoms with Crippen LogP contribution in [0.1, 0.15) is 36.8 Å². The fourth-order valence-corrected chi connectivity index (χ4v) is 4.07. The fraction of sp³-hybridized carbons (Fsp3) is 0.562. The molecule has 0 unspecified atom stereocenters. The second-order valence-electron chi connectivity index (χ2n) is 6.26. The summed E-state index contributed by atoms with van der Waals surface area (Å²) in [5, 5.41) is 7.63. The summed E-state index contributed by atoms with van der Waals surface area (Å²) in [5.74, 6) is 1.80. The average molecular weight is 274 g/mol. The van der Waals surface area contributed by atoms with Gasteiger partial charge in [0.15, 0.2) is 5.11 Å². The van der Waals surface area contributed by atoms with Gasteiger partial charge in [-0.1, -0.05) is 12.5 Å². The van der Waals surface area contributed by atoms with Gasteiger partial charge in [0.2, 0.25) is 0 Å². The van der Waals surface area contributed by atoms with Crippen molar-refractivity contribution in [3.05, 3.63) is 29.3 Å². The smallest absolute Gasteiger partial charge is 0.171 e. The highest BCUT2D eigenvalue weighted by Crippen LogP contribution is 2.44. The first-order chi connectivity index (χ1) is 9.10. The van der Waals surface area contributed by atoms with Crippen LogP contribution in [0, 0.1) is 25.7 Å². The number of hydrogen-bond donors (Lipinski definition) is 2. The maximum absolute atomic E-state index is 5.45. The molecule has 0 saturated heterocycles. The van der Waals surface area contributed by atoms with E-state index >= 15 is 0 Å². The van der Waals surface area contributed by atoms with Gasteiger partial charge in [-0.2, -0.15) is 0 Å². The van der Waals surface area contributed by atoms with E-state index in [-0.39, 0.29) is 0 Å². The predicted octanol–water partition coefficient (Wildman–Crippen LogP) is 3.78. The SMILES string of the molecule is Cc1cc(C)cc(NC(=S)N[C@@H]2C[C@H]3CC[C@H]2C3)c1. The number of anilines is 1. The second-order valence-corrected chi connectivity index (χ2v) is 6.66. The summed E-state index contributed by atoms with van der Waals surface area (Å²) in [5.41, 5.74) is 3.63. The third-order valence-electron chi connectivity index (χ3n) is 4.53. The first-order valence-corrected chi connectivity index (χ1v) is 7.67. The summed E-state index contributed by atoms with van der Waals surface area (Å²) >= 11 is 5.45. The summed E-state index contributed by atoms with van der Waals surface area (Å²) < 4.78 is 0. The van der Waals surface area contributed by atoms with E-state index in [2.05, 4.69) is 42.7 Å². The lowest BCUT2D eigenvalue weighted by atomic mass is 9.95. The van der Waals surface area contributed by atoms with Gasteiger partial charge in [0.25, 0.3) is 0 Å². The van der Waals surface area contributed by atoms with Crippen LogP contribution in [0.25, 0.3) is 0 Å². The highest BCUT2D eigenvalue weighted by molar-refractivity contribution is 7.80. The van der Waals surface area contributed by atoms with E-state index in [1.807, 2.05) is 0 Å². The molecule has 2 bridgehead atoms. The Morgan fingerprint density at radius 1 is 1.11 bits per heavy atom. The zero-order valence-electron chi connectivity index (χ0n) is 11.7. The minimum Gasteiger partial charge on any atom is -0.359 e. The van der Waals surface area contributed by atoms with Crippen molar-refractivity contribution in [3.8, 4) is 0 Å². The van der Waals surface area contributed by atoms with Gasteiger partial charge in [-0.15, -0.1) is 0 Å². The van der Waals surface area contributed by atoms with Crippen molar-refractivity contribution in [2.75, 3.05) is 5.32 Å². The quantitative estimate of drug-likeness (QED) is 0.803. The van der Waals surface area contributed by atoms with E-state index in [0.29, 0.717) is 6.04 Å². The van der Waals surface area contributed by atoms with E-state index in [4.69, 9.17) is 12.2 Å². The Morgan fingerprint density at radius 2 is 1.84 bits per heavy atom. The molecule has 102 valence electrons. The third kappa shape index (κ3) is 2.92. The summed E-state index contributed by atoms with van der Waals surface area (Å²) in [6.07, 6.45) is 5.53. The molecule has 3 atom stereocenters. The topological polar surface area (TPSA) is 24.1 Å². The minimum absolute atomic E-state index is 0.602. The van der Waals surface area contributed by atoms with Gasteiger partial charge in [-0.05, 0) is 80.4 Å². The zero-order chi connectivity index (χ0) is 13.4. The lowest BCUT2D eigenvalue weighted by Gasteiger charge is -2.24. The first-order valence-electron chi connectivity index (χ1n) is 7.26. The van der Waals surface area contributed by atoms with Crippen LogP contribution in [0.15, 0.2) is 18.2 Å². The Kier molecular flexibility index (Phi) is 3.48. The second kappa shape index (κ2) is 5.12. The maximum atomic E-state index is 5.45. The Balaban J connectivity index is 1.59. The summed E-state index contributed by atoms with van der Waals surface area (Å²) in [6, 6.07) is 7.06. The van der Waals surface area contributed by atoms with Crippen LogP contribution in [0.2, 0.25) is 0 Å². The number of rotatable bonds is 2. The fourth-order valence-electron chi connectivity index (χ4n) is 3.80. The number of thiocarbonyl (C=S) groups is 1. The van der Waals surface area contributed by atoms with Crippen LogP contribution in [0.3, 0.4) is 0 Å². The molecule has 0 amide bonds. The molecular formula is C16H22N2S. The van der Waals surface area contributed by atoms with Crippen molar-refractivity contribution >= 4 is 23.0 Å². The molecule has 0 heterocycles. The van der Waals surface area contributed by atoms with Gasteiger partial charge >= 0.3 is 0 Å². The first kappa shape index (κ1) is 12.9. The molecule has 2 nitrogen and oxygen atoms in total. The van der Waals surface area contributed by atoms with E-state index in [1.165, 1.54) is 36.8 Å². The number of hydrogen-bond acceptors (Lipinski definition) is 1. The molecule has 3 rings (SSSR count). The van der Waals surface area contributed by atoms with Crippen LogP contribution in [0.4, 0.5) is 5.69 Å². The molecule has 19 heavy (non-hydrogen) atoms. The van der Waals surface area contributed by atoms with Crippen LogP contribution >= 0.6 is 12.2 Å². The molecule has 0 radical (unpaired) electrons. The van der Waals surface area contributed by atoms with Crippen molar-refractivity contribution in [2.45, 2.75) is 45.6 Å². The number of aryl methyl sites for hydroxylation is 2. The molecule has 2 N–H and O–H groups in total. The minimum atomic E-state index is 0.602. The van der Waals surface area contributed by atoms with Crippen LogP contribution < -0.4 is 10.6 Å². The van der Waals surface area contributed by atoms with Crippen molar-refractivity contribution < 1.29 is 0 Å². The molecule has 2 aliphatic rings. The van der Waals surface area contributed by atoms with Gasteiger partial charge in [0, 0.05) is 11.7 Å². The Bertz CT molecular complexity index is 477. The molecule has 0 aromatic heterocycles. The predicted molar refractivity (Wildman–Crippen MR) is 84.5 cm³/mol. The van der Waals surface area contributed by atoms with Gasteiger partial charge in [0.1, 0.15) is 0 Å². The lowest BCUT2D eigenvalue weighted by Crippen LogP contribution is -2.40. The Hall–Kier alpha value is -1.09. The van der Waals surface area contributed by atoms with Crippen LogP contribution in [0.5, 0.6) is 0 Å².